The third-order valence-electron chi connectivity index (χ3n) is 5.57. The van der Waals surface area contributed by atoms with E-state index in [-0.39, 0.29) is 40.8 Å². The number of alkyl carbamates (subject to hydrolysis) is 1. The van der Waals surface area contributed by atoms with Crippen molar-refractivity contribution in [3.05, 3.63) is 40.8 Å². The number of anilines is 2. The number of ether oxygens (including phenoxy) is 1. The summed E-state index contributed by atoms with van der Waals surface area (Å²) < 4.78 is 43.4. The van der Waals surface area contributed by atoms with Gasteiger partial charge in [0.2, 0.25) is 0 Å². The molecule has 1 aromatic heterocycles. The van der Waals surface area contributed by atoms with Gasteiger partial charge >= 0.3 is 6.09 Å². The summed E-state index contributed by atoms with van der Waals surface area (Å²) in [6, 6.07) is 5.06. The fourth-order valence-electron chi connectivity index (χ4n) is 4.10. The number of halogens is 1. The van der Waals surface area contributed by atoms with Gasteiger partial charge < -0.3 is 15.4 Å². The second-order valence-electron chi connectivity index (χ2n) is 7.92. The highest BCUT2D eigenvalue weighted by Gasteiger charge is 2.30. The van der Waals surface area contributed by atoms with E-state index in [0.717, 1.165) is 31.4 Å². The van der Waals surface area contributed by atoms with Crippen molar-refractivity contribution in [1.82, 2.24) is 15.5 Å². The Labute approximate surface area is 174 Å². The Kier molecular flexibility index (Phi) is 5.68. The van der Waals surface area contributed by atoms with E-state index in [1.165, 1.54) is 0 Å². The third kappa shape index (κ3) is 4.43. The number of aromatic nitrogens is 2. The molecule has 1 aromatic carbocycles. The average molecular weight is 437 g/mol. The normalized spacial score (nSPS) is 21.9. The lowest BCUT2D eigenvalue weighted by molar-refractivity contribution is 0.142. The standard InChI is InChI=1S/C20H25FN4O4S/c1-2-7-29-20(26)22-14-5-3-12(8-14)17-9-18(25-24-17)23-16-6-4-13-10-30(27,28)11-15(13)19(16)21/h4,6,9,12,14H,2-3,5,7-8,10-11H2,1H3,(H,22,26)(H2,23,24,25). The largest absolute Gasteiger partial charge is 0.450 e. The number of fused-ring (bicyclic) bond motifs is 1. The molecular formula is C20H25FN4O4S. The molecule has 1 fully saturated rings. The predicted molar refractivity (Wildman–Crippen MR) is 110 cm³/mol. The van der Waals surface area contributed by atoms with E-state index in [9.17, 15) is 17.6 Å². The summed E-state index contributed by atoms with van der Waals surface area (Å²) in [6.07, 6.45) is 2.91. The summed E-state index contributed by atoms with van der Waals surface area (Å²) in [7, 11) is -3.27. The summed E-state index contributed by atoms with van der Waals surface area (Å²) in [5, 5.41) is 13.0. The zero-order valence-electron chi connectivity index (χ0n) is 16.7. The quantitative estimate of drug-likeness (QED) is 0.639. The Bertz CT molecular complexity index is 1050. The van der Waals surface area contributed by atoms with Crippen LogP contribution in [0.25, 0.3) is 0 Å². The summed E-state index contributed by atoms with van der Waals surface area (Å²) in [5.74, 6) is -0.265. The van der Waals surface area contributed by atoms with E-state index in [1.807, 2.05) is 13.0 Å². The maximum atomic E-state index is 14.8. The van der Waals surface area contributed by atoms with Gasteiger partial charge in [-0.15, -0.1) is 0 Å². The molecule has 2 unspecified atom stereocenters. The van der Waals surface area contributed by atoms with Crippen molar-refractivity contribution in [1.29, 1.82) is 0 Å². The van der Waals surface area contributed by atoms with E-state index in [2.05, 4.69) is 20.8 Å². The number of sulfone groups is 1. The molecule has 2 aromatic rings. The highest BCUT2D eigenvalue weighted by Crippen LogP contribution is 2.36. The maximum absolute atomic E-state index is 14.8. The number of rotatable bonds is 6. The summed E-state index contributed by atoms with van der Waals surface area (Å²) in [6.45, 7) is 2.35. The highest BCUT2D eigenvalue weighted by molar-refractivity contribution is 7.90. The minimum Gasteiger partial charge on any atom is -0.450 e. The van der Waals surface area contributed by atoms with Gasteiger partial charge in [0.05, 0.1) is 23.8 Å². The van der Waals surface area contributed by atoms with Crippen LogP contribution in [0.1, 0.15) is 55.3 Å². The second kappa shape index (κ2) is 8.25. The van der Waals surface area contributed by atoms with Gasteiger partial charge in [-0.1, -0.05) is 13.0 Å². The maximum Gasteiger partial charge on any atom is 0.407 e. The second-order valence-corrected chi connectivity index (χ2v) is 9.98. The smallest absolute Gasteiger partial charge is 0.407 e. The zero-order chi connectivity index (χ0) is 21.3. The molecule has 2 atom stereocenters. The van der Waals surface area contributed by atoms with Gasteiger partial charge in [0.15, 0.2) is 21.5 Å². The molecule has 0 bridgehead atoms. The van der Waals surface area contributed by atoms with E-state index in [1.54, 1.807) is 12.1 Å². The molecule has 30 heavy (non-hydrogen) atoms. The van der Waals surface area contributed by atoms with Crippen molar-refractivity contribution in [2.75, 3.05) is 11.9 Å². The molecule has 2 aliphatic rings. The zero-order valence-corrected chi connectivity index (χ0v) is 17.5. The number of carbonyl (C=O) groups is 1. The molecule has 162 valence electrons. The first-order valence-electron chi connectivity index (χ1n) is 10.1. The van der Waals surface area contributed by atoms with E-state index in [4.69, 9.17) is 4.74 Å². The number of nitrogens with zero attached hydrogens (tertiary/aromatic N) is 1. The molecule has 1 aliphatic heterocycles. The first-order valence-corrected chi connectivity index (χ1v) is 11.9. The van der Waals surface area contributed by atoms with Crippen LogP contribution in [-0.4, -0.2) is 37.4 Å². The third-order valence-corrected chi connectivity index (χ3v) is 7.05. The molecule has 0 radical (unpaired) electrons. The number of hydrogen-bond donors (Lipinski definition) is 3. The summed E-state index contributed by atoms with van der Waals surface area (Å²) in [5.41, 5.74) is 1.86. The fourth-order valence-corrected chi connectivity index (χ4v) is 5.70. The minimum atomic E-state index is -3.27. The van der Waals surface area contributed by atoms with Crippen LogP contribution in [-0.2, 0) is 26.1 Å². The number of aromatic amines is 1. The van der Waals surface area contributed by atoms with Gasteiger partial charge in [0.1, 0.15) is 0 Å². The molecule has 3 N–H and O–H groups in total. The van der Waals surface area contributed by atoms with E-state index >= 15 is 0 Å². The molecular weight excluding hydrogens is 411 g/mol. The van der Waals surface area contributed by atoms with Gasteiger partial charge in [-0.05, 0) is 37.3 Å². The molecule has 0 saturated heterocycles. The summed E-state index contributed by atoms with van der Waals surface area (Å²) in [4.78, 5) is 11.7. The monoisotopic (exact) mass is 436 g/mol. The van der Waals surface area contributed by atoms with Crippen LogP contribution >= 0.6 is 0 Å². The van der Waals surface area contributed by atoms with Gasteiger partial charge in [-0.25, -0.2) is 17.6 Å². The molecule has 0 spiro atoms. The van der Waals surface area contributed by atoms with Crippen LogP contribution in [0.2, 0.25) is 0 Å². The Morgan fingerprint density at radius 2 is 2.17 bits per heavy atom. The van der Waals surface area contributed by atoms with E-state index in [0.29, 0.717) is 18.0 Å². The number of nitrogens with one attached hydrogen (secondary N) is 3. The van der Waals surface area contributed by atoms with Crippen LogP contribution in [0.5, 0.6) is 0 Å². The van der Waals surface area contributed by atoms with Crippen LogP contribution in [0, 0.1) is 5.82 Å². The molecule has 1 aliphatic carbocycles. The molecule has 8 nitrogen and oxygen atoms in total. The van der Waals surface area contributed by atoms with Crippen LogP contribution in [0.15, 0.2) is 18.2 Å². The van der Waals surface area contributed by atoms with Crippen molar-refractivity contribution >= 4 is 27.4 Å². The fraction of sp³-hybridized carbons (Fsp3) is 0.500. The van der Waals surface area contributed by atoms with Crippen molar-refractivity contribution in [2.24, 2.45) is 0 Å². The molecule has 4 rings (SSSR count). The van der Waals surface area contributed by atoms with Gasteiger partial charge in [-0.2, -0.15) is 5.10 Å². The number of benzene rings is 1. The van der Waals surface area contributed by atoms with Crippen LogP contribution in [0.3, 0.4) is 0 Å². The number of H-pyrrole nitrogens is 1. The highest BCUT2D eigenvalue weighted by atomic mass is 32.2. The number of amides is 1. The van der Waals surface area contributed by atoms with Crippen molar-refractivity contribution < 1.29 is 22.3 Å². The van der Waals surface area contributed by atoms with Crippen molar-refractivity contribution in [3.8, 4) is 0 Å². The molecule has 1 amide bonds. The van der Waals surface area contributed by atoms with Gasteiger partial charge in [0.25, 0.3) is 0 Å². The van der Waals surface area contributed by atoms with Crippen LogP contribution < -0.4 is 10.6 Å². The number of carbonyl (C=O) groups excluding carboxylic acids is 1. The Morgan fingerprint density at radius 3 is 2.97 bits per heavy atom. The predicted octanol–water partition coefficient (Wildman–Crippen LogP) is 3.49. The average Bonchev–Trinajstić information content (AvgIpc) is 3.40. The molecule has 2 heterocycles. The van der Waals surface area contributed by atoms with Gasteiger partial charge in [-0.3, -0.25) is 5.10 Å². The molecule has 1 saturated carbocycles. The minimum absolute atomic E-state index is 0.0511. The Morgan fingerprint density at radius 1 is 1.33 bits per heavy atom. The lowest BCUT2D eigenvalue weighted by atomic mass is 10.0. The molecule has 10 heteroatoms. The van der Waals surface area contributed by atoms with E-state index < -0.39 is 15.7 Å². The van der Waals surface area contributed by atoms with Gasteiger partial charge in [0, 0.05) is 29.3 Å². The first-order chi connectivity index (χ1) is 14.3. The lowest BCUT2D eigenvalue weighted by Gasteiger charge is -2.12. The topological polar surface area (TPSA) is 113 Å². The summed E-state index contributed by atoms with van der Waals surface area (Å²) >= 11 is 0. The van der Waals surface area contributed by atoms with Crippen LogP contribution in [0.4, 0.5) is 20.7 Å². The van der Waals surface area contributed by atoms with Crippen molar-refractivity contribution in [3.63, 3.8) is 0 Å². The Hall–Kier alpha value is -2.62. The first kappa shape index (κ1) is 20.6. The Balaban J connectivity index is 1.38. The lowest BCUT2D eigenvalue weighted by Crippen LogP contribution is -2.33. The SMILES string of the molecule is CCCOC(=O)NC1CCC(c2cc(Nc3ccc4c(c3F)CS(=O)(=O)C4)n[nH]2)C1. The number of hydrogen-bond acceptors (Lipinski definition) is 6. The van der Waals surface area contributed by atoms with Crippen molar-refractivity contribution in [2.45, 2.75) is 56.1 Å².